The standard InChI is InChI=1S/C16H20N4O4/c1-10-13(14(21)17-9-16(2,3)15(22)23)18-19-20(10)11-5-7-12(24-4)8-6-11/h5-8H,9H2,1-4H3,(H,17,21)(H,22,23). The maximum atomic E-state index is 12.2. The smallest absolute Gasteiger partial charge is 0.310 e. The van der Waals surface area contributed by atoms with Crippen molar-refractivity contribution in [1.82, 2.24) is 20.3 Å². The number of nitrogens with one attached hydrogen (secondary N) is 1. The summed E-state index contributed by atoms with van der Waals surface area (Å²) in [6.07, 6.45) is 0. The number of aromatic nitrogens is 3. The first-order chi connectivity index (χ1) is 11.3. The first-order valence-corrected chi connectivity index (χ1v) is 7.34. The molecule has 2 aromatic rings. The number of carboxylic acid groups (broad SMARTS) is 1. The summed E-state index contributed by atoms with van der Waals surface area (Å²) >= 11 is 0. The van der Waals surface area contributed by atoms with Crippen LogP contribution >= 0.6 is 0 Å². The van der Waals surface area contributed by atoms with Crippen molar-refractivity contribution < 1.29 is 19.4 Å². The molecule has 8 nitrogen and oxygen atoms in total. The molecule has 0 spiro atoms. The van der Waals surface area contributed by atoms with Crippen LogP contribution in [-0.2, 0) is 4.79 Å². The van der Waals surface area contributed by atoms with Crippen molar-refractivity contribution in [2.75, 3.05) is 13.7 Å². The molecule has 0 saturated heterocycles. The third kappa shape index (κ3) is 3.53. The zero-order valence-corrected chi connectivity index (χ0v) is 14.0. The van der Waals surface area contributed by atoms with Crippen molar-refractivity contribution >= 4 is 11.9 Å². The zero-order chi connectivity index (χ0) is 17.9. The molecule has 1 amide bonds. The van der Waals surface area contributed by atoms with E-state index in [-0.39, 0.29) is 12.2 Å². The second-order valence-corrected chi connectivity index (χ2v) is 6.01. The van der Waals surface area contributed by atoms with Gasteiger partial charge in [-0.2, -0.15) is 0 Å². The number of ether oxygens (including phenoxy) is 1. The largest absolute Gasteiger partial charge is 0.497 e. The van der Waals surface area contributed by atoms with Gasteiger partial charge in [0.15, 0.2) is 5.69 Å². The van der Waals surface area contributed by atoms with Crippen LogP contribution < -0.4 is 10.1 Å². The fraction of sp³-hybridized carbons (Fsp3) is 0.375. The molecule has 0 aliphatic carbocycles. The Bertz CT molecular complexity index is 750. The molecular formula is C16H20N4O4. The number of carbonyl (C=O) groups excluding carboxylic acids is 1. The molecular weight excluding hydrogens is 312 g/mol. The van der Waals surface area contributed by atoms with E-state index in [9.17, 15) is 9.59 Å². The molecule has 1 heterocycles. The monoisotopic (exact) mass is 332 g/mol. The summed E-state index contributed by atoms with van der Waals surface area (Å²) in [7, 11) is 1.58. The number of carboxylic acids is 1. The van der Waals surface area contributed by atoms with Crippen molar-refractivity contribution in [2.24, 2.45) is 5.41 Å². The molecule has 0 fully saturated rings. The van der Waals surface area contributed by atoms with Crippen LogP contribution in [0.15, 0.2) is 24.3 Å². The highest BCUT2D eigenvalue weighted by atomic mass is 16.5. The molecule has 0 bridgehead atoms. The Morgan fingerprint density at radius 3 is 2.46 bits per heavy atom. The molecule has 0 aliphatic heterocycles. The lowest BCUT2D eigenvalue weighted by molar-refractivity contribution is -0.146. The van der Waals surface area contributed by atoms with Gasteiger partial charge in [0.1, 0.15) is 5.75 Å². The Balaban J connectivity index is 2.16. The summed E-state index contributed by atoms with van der Waals surface area (Å²) in [5.41, 5.74) is 0.402. The van der Waals surface area contributed by atoms with E-state index >= 15 is 0 Å². The van der Waals surface area contributed by atoms with Crippen molar-refractivity contribution in [3.8, 4) is 11.4 Å². The van der Waals surface area contributed by atoms with E-state index in [0.29, 0.717) is 11.4 Å². The lowest BCUT2D eigenvalue weighted by Crippen LogP contribution is -2.39. The van der Waals surface area contributed by atoms with Crippen LogP contribution in [0.5, 0.6) is 5.75 Å². The zero-order valence-electron chi connectivity index (χ0n) is 14.0. The maximum Gasteiger partial charge on any atom is 0.310 e. The molecule has 2 N–H and O–H groups in total. The van der Waals surface area contributed by atoms with E-state index in [1.54, 1.807) is 38.3 Å². The molecule has 1 aromatic carbocycles. The molecule has 1 aromatic heterocycles. The van der Waals surface area contributed by atoms with Crippen molar-refractivity contribution in [3.63, 3.8) is 0 Å². The predicted molar refractivity (Wildman–Crippen MR) is 86.4 cm³/mol. The average molecular weight is 332 g/mol. The number of benzene rings is 1. The number of rotatable bonds is 6. The Morgan fingerprint density at radius 1 is 1.29 bits per heavy atom. The van der Waals surface area contributed by atoms with Crippen LogP contribution in [0.2, 0.25) is 0 Å². The van der Waals surface area contributed by atoms with Gasteiger partial charge in [-0.25, -0.2) is 4.68 Å². The average Bonchev–Trinajstić information content (AvgIpc) is 2.94. The van der Waals surface area contributed by atoms with Gasteiger partial charge in [-0.05, 0) is 45.0 Å². The third-order valence-electron chi connectivity index (χ3n) is 3.70. The maximum absolute atomic E-state index is 12.2. The minimum Gasteiger partial charge on any atom is -0.497 e. The van der Waals surface area contributed by atoms with Crippen LogP contribution in [0.25, 0.3) is 5.69 Å². The molecule has 8 heteroatoms. The number of methoxy groups -OCH3 is 1. The summed E-state index contributed by atoms with van der Waals surface area (Å²) < 4.78 is 6.64. The first kappa shape index (κ1) is 17.5. The van der Waals surface area contributed by atoms with Crippen molar-refractivity contribution in [3.05, 3.63) is 35.7 Å². The summed E-state index contributed by atoms with van der Waals surface area (Å²) in [4.78, 5) is 23.3. The highest BCUT2D eigenvalue weighted by Crippen LogP contribution is 2.17. The Hall–Kier alpha value is -2.90. The summed E-state index contributed by atoms with van der Waals surface area (Å²) in [6, 6.07) is 7.17. The molecule has 24 heavy (non-hydrogen) atoms. The van der Waals surface area contributed by atoms with Gasteiger partial charge < -0.3 is 15.2 Å². The first-order valence-electron chi connectivity index (χ1n) is 7.34. The fourth-order valence-electron chi connectivity index (χ4n) is 1.97. The second-order valence-electron chi connectivity index (χ2n) is 6.01. The van der Waals surface area contributed by atoms with Gasteiger partial charge in [0, 0.05) is 6.54 Å². The SMILES string of the molecule is COc1ccc(-n2nnc(C(=O)NCC(C)(C)C(=O)O)c2C)cc1. The van der Waals surface area contributed by atoms with E-state index in [1.165, 1.54) is 18.5 Å². The fourth-order valence-corrected chi connectivity index (χ4v) is 1.97. The van der Waals surface area contributed by atoms with Crippen LogP contribution in [0, 0.1) is 12.3 Å². The van der Waals surface area contributed by atoms with Gasteiger partial charge >= 0.3 is 5.97 Å². The number of amides is 1. The molecule has 128 valence electrons. The second kappa shape index (κ2) is 6.69. The normalized spacial score (nSPS) is 11.2. The summed E-state index contributed by atoms with van der Waals surface area (Å²) in [6.45, 7) is 4.80. The number of carbonyl (C=O) groups is 2. The van der Waals surface area contributed by atoms with E-state index < -0.39 is 17.3 Å². The minimum atomic E-state index is -1.06. The van der Waals surface area contributed by atoms with Gasteiger partial charge in [-0.1, -0.05) is 5.21 Å². The van der Waals surface area contributed by atoms with E-state index in [4.69, 9.17) is 9.84 Å². The molecule has 0 unspecified atom stereocenters. The summed E-state index contributed by atoms with van der Waals surface area (Å²) in [5, 5.41) is 19.6. The van der Waals surface area contributed by atoms with Crippen molar-refractivity contribution in [1.29, 1.82) is 0 Å². The lowest BCUT2D eigenvalue weighted by Gasteiger charge is -2.19. The Labute approximate surface area is 139 Å². The molecule has 0 aliphatic rings. The van der Waals surface area contributed by atoms with Crippen LogP contribution in [-0.4, -0.2) is 45.6 Å². The lowest BCUT2D eigenvalue weighted by atomic mass is 9.94. The molecule has 0 radical (unpaired) electrons. The molecule has 2 rings (SSSR count). The molecule has 0 atom stereocenters. The minimum absolute atomic E-state index is 0.00397. The van der Waals surface area contributed by atoms with Crippen LogP contribution in [0.1, 0.15) is 30.0 Å². The van der Waals surface area contributed by atoms with Gasteiger partial charge in [-0.15, -0.1) is 5.10 Å². The van der Waals surface area contributed by atoms with Gasteiger partial charge in [0.05, 0.1) is 23.9 Å². The summed E-state index contributed by atoms with van der Waals surface area (Å²) in [5.74, 6) is -0.728. The van der Waals surface area contributed by atoms with Crippen molar-refractivity contribution in [2.45, 2.75) is 20.8 Å². The number of hydrogen-bond acceptors (Lipinski definition) is 5. The molecule has 0 saturated carbocycles. The third-order valence-corrected chi connectivity index (χ3v) is 3.70. The number of nitrogens with zero attached hydrogens (tertiary/aromatic N) is 3. The van der Waals surface area contributed by atoms with Gasteiger partial charge in [0.25, 0.3) is 5.91 Å². The predicted octanol–water partition coefficient (Wildman–Crippen LogP) is 1.42. The van der Waals surface area contributed by atoms with E-state index in [1.807, 2.05) is 0 Å². The van der Waals surface area contributed by atoms with Gasteiger partial charge in [-0.3, -0.25) is 9.59 Å². The highest BCUT2D eigenvalue weighted by Gasteiger charge is 2.28. The Morgan fingerprint density at radius 2 is 1.92 bits per heavy atom. The quantitative estimate of drug-likeness (QED) is 0.829. The van der Waals surface area contributed by atoms with Gasteiger partial charge in [0.2, 0.25) is 0 Å². The van der Waals surface area contributed by atoms with E-state index in [0.717, 1.165) is 5.69 Å². The topological polar surface area (TPSA) is 106 Å². The Kier molecular flexibility index (Phi) is 4.87. The van der Waals surface area contributed by atoms with Crippen LogP contribution in [0.3, 0.4) is 0 Å². The van der Waals surface area contributed by atoms with Crippen LogP contribution in [0.4, 0.5) is 0 Å². The number of aliphatic carboxylic acids is 1. The highest BCUT2D eigenvalue weighted by molar-refractivity contribution is 5.93. The number of hydrogen-bond donors (Lipinski definition) is 2. The van der Waals surface area contributed by atoms with E-state index in [2.05, 4.69) is 15.6 Å².